The third kappa shape index (κ3) is 8.74. The summed E-state index contributed by atoms with van der Waals surface area (Å²) in [6.45, 7) is 6.84. The van der Waals surface area contributed by atoms with E-state index in [2.05, 4.69) is 10.6 Å². The Labute approximate surface area is 183 Å². The van der Waals surface area contributed by atoms with Crippen LogP contribution in [-0.4, -0.2) is 68.3 Å². The molecule has 1 aliphatic heterocycles. The van der Waals surface area contributed by atoms with Crippen molar-refractivity contribution in [2.24, 2.45) is 5.92 Å². The molecular formula is C22H33N3O6. The lowest BCUT2D eigenvalue weighted by molar-refractivity contribution is -0.135. The van der Waals surface area contributed by atoms with Gasteiger partial charge in [-0.25, -0.2) is 4.79 Å². The van der Waals surface area contributed by atoms with Crippen LogP contribution in [0.2, 0.25) is 0 Å². The maximum absolute atomic E-state index is 12.4. The van der Waals surface area contributed by atoms with Crippen molar-refractivity contribution in [1.29, 1.82) is 0 Å². The molecule has 1 aromatic carbocycles. The number of nitrogens with one attached hydrogen (secondary N) is 2. The zero-order chi connectivity index (χ0) is 22.9. The average Bonchev–Trinajstić information content (AvgIpc) is 2.74. The van der Waals surface area contributed by atoms with E-state index in [1.54, 1.807) is 44.9 Å². The van der Waals surface area contributed by atoms with Gasteiger partial charge in [-0.2, -0.15) is 0 Å². The number of likely N-dealkylation sites (tertiary alicyclic amines) is 1. The first-order chi connectivity index (χ1) is 14.7. The van der Waals surface area contributed by atoms with Gasteiger partial charge in [0.15, 0.2) is 18.1 Å². The summed E-state index contributed by atoms with van der Waals surface area (Å²) in [5.74, 6) is 1.07. The fourth-order valence-corrected chi connectivity index (χ4v) is 3.14. The molecule has 1 aromatic rings. The van der Waals surface area contributed by atoms with E-state index >= 15 is 0 Å². The molecule has 0 aliphatic carbocycles. The van der Waals surface area contributed by atoms with Crippen LogP contribution >= 0.6 is 0 Å². The number of benzene rings is 1. The fraction of sp³-hybridized carbons (Fsp3) is 0.591. The molecule has 0 unspecified atom stereocenters. The number of methoxy groups -OCH3 is 1. The molecule has 2 N–H and O–H groups in total. The van der Waals surface area contributed by atoms with Crippen molar-refractivity contribution < 1.29 is 28.6 Å². The Balaban J connectivity index is 1.64. The monoisotopic (exact) mass is 435 g/mol. The van der Waals surface area contributed by atoms with Crippen LogP contribution in [-0.2, 0) is 14.3 Å². The summed E-state index contributed by atoms with van der Waals surface area (Å²) in [4.78, 5) is 37.7. The second kappa shape index (κ2) is 11.4. The lowest BCUT2D eigenvalue weighted by Crippen LogP contribution is -2.45. The quantitative estimate of drug-likeness (QED) is 0.647. The topological polar surface area (TPSA) is 106 Å². The molecule has 0 saturated carbocycles. The Morgan fingerprint density at radius 2 is 1.71 bits per heavy atom. The smallest absolute Gasteiger partial charge is 0.408 e. The minimum atomic E-state index is -0.621. The predicted molar refractivity (Wildman–Crippen MR) is 115 cm³/mol. The molecule has 2 rings (SSSR count). The van der Waals surface area contributed by atoms with Crippen molar-refractivity contribution in [1.82, 2.24) is 15.5 Å². The highest BCUT2D eigenvalue weighted by molar-refractivity contribution is 5.82. The van der Waals surface area contributed by atoms with E-state index in [1.807, 2.05) is 12.1 Å². The van der Waals surface area contributed by atoms with Gasteiger partial charge in [-0.3, -0.25) is 9.59 Å². The normalized spacial score (nSPS) is 14.5. The second-order valence-electron chi connectivity index (χ2n) is 8.42. The Morgan fingerprint density at radius 3 is 2.32 bits per heavy atom. The number of alkyl carbamates (subject to hydrolysis) is 1. The molecule has 1 fully saturated rings. The number of hydrogen-bond acceptors (Lipinski definition) is 6. The Hall–Kier alpha value is -2.97. The summed E-state index contributed by atoms with van der Waals surface area (Å²) < 4.78 is 15.9. The molecule has 3 amide bonds. The molecule has 172 valence electrons. The molecule has 0 spiro atoms. The van der Waals surface area contributed by atoms with Crippen LogP contribution in [0.1, 0.15) is 33.6 Å². The number of ether oxygens (including phenoxy) is 3. The maximum Gasteiger partial charge on any atom is 0.408 e. The molecule has 0 atom stereocenters. The van der Waals surface area contributed by atoms with Crippen LogP contribution in [0, 0.1) is 5.92 Å². The van der Waals surface area contributed by atoms with Gasteiger partial charge in [-0.05, 0) is 51.7 Å². The molecular weight excluding hydrogens is 402 g/mol. The maximum atomic E-state index is 12.4. The standard InChI is InChI=1S/C22H33N3O6/c1-22(2,3)31-21(28)24-14-19(26)23-13-16-9-11-25(12-10-16)20(27)15-30-18-8-6-5-7-17(18)29-4/h5-8,16H,9-15H2,1-4H3,(H,23,26)(H,24,28). The SMILES string of the molecule is COc1ccccc1OCC(=O)N1CCC(CNC(=O)CNC(=O)OC(C)(C)C)CC1. The van der Waals surface area contributed by atoms with Gasteiger partial charge < -0.3 is 29.7 Å². The number of amides is 3. The van der Waals surface area contributed by atoms with E-state index in [0.29, 0.717) is 31.1 Å². The van der Waals surface area contributed by atoms with Gasteiger partial charge in [-0.15, -0.1) is 0 Å². The lowest BCUT2D eigenvalue weighted by atomic mass is 9.97. The second-order valence-corrected chi connectivity index (χ2v) is 8.42. The van der Waals surface area contributed by atoms with Crippen molar-refractivity contribution in [2.45, 2.75) is 39.2 Å². The molecule has 9 nitrogen and oxygen atoms in total. The third-order valence-corrected chi connectivity index (χ3v) is 4.77. The van der Waals surface area contributed by atoms with Crippen molar-refractivity contribution in [3.63, 3.8) is 0 Å². The van der Waals surface area contributed by atoms with Crippen LogP contribution in [0.5, 0.6) is 11.5 Å². The van der Waals surface area contributed by atoms with Crippen LogP contribution in [0.4, 0.5) is 4.79 Å². The minimum absolute atomic E-state index is 0.0435. The minimum Gasteiger partial charge on any atom is -0.493 e. The predicted octanol–water partition coefficient (Wildman–Crippen LogP) is 1.95. The van der Waals surface area contributed by atoms with Crippen LogP contribution in [0.3, 0.4) is 0 Å². The molecule has 1 heterocycles. The van der Waals surface area contributed by atoms with Gasteiger partial charge in [-0.1, -0.05) is 12.1 Å². The summed E-state index contributed by atoms with van der Waals surface area (Å²) in [5.41, 5.74) is -0.607. The number of carbonyl (C=O) groups is 3. The highest BCUT2D eigenvalue weighted by Crippen LogP contribution is 2.26. The third-order valence-electron chi connectivity index (χ3n) is 4.77. The summed E-state index contributed by atoms with van der Waals surface area (Å²) >= 11 is 0. The first kappa shape index (κ1) is 24.3. The molecule has 0 bridgehead atoms. The van der Waals surface area contributed by atoms with Gasteiger partial charge in [0.25, 0.3) is 5.91 Å². The summed E-state index contributed by atoms with van der Waals surface area (Å²) in [7, 11) is 1.56. The van der Waals surface area contributed by atoms with Gasteiger partial charge >= 0.3 is 6.09 Å². The van der Waals surface area contributed by atoms with Crippen LogP contribution < -0.4 is 20.1 Å². The van der Waals surface area contributed by atoms with Crippen LogP contribution in [0.25, 0.3) is 0 Å². The summed E-state index contributed by atoms with van der Waals surface area (Å²) in [6, 6.07) is 7.21. The number of piperidine rings is 1. The highest BCUT2D eigenvalue weighted by atomic mass is 16.6. The Morgan fingerprint density at radius 1 is 1.06 bits per heavy atom. The molecule has 0 radical (unpaired) electrons. The van der Waals surface area contributed by atoms with Crippen molar-refractivity contribution in [3.05, 3.63) is 24.3 Å². The number of para-hydroxylation sites is 2. The number of hydrogen-bond donors (Lipinski definition) is 2. The van der Waals surface area contributed by atoms with E-state index in [4.69, 9.17) is 14.2 Å². The Kier molecular flexibility index (Phi) is 8.96. The van der Waals surface area contributed by atoms with Crippen molar-refractivity contribution in [2.75, 3.05) is 39.9 Å². The van der Waals surface area contributed by atoms with E-state index in [-0.39, 0.29) is 30.9 Å². The molecule has 9 heteroatoms. The van der Waals surface area contributed by atoms with E-state index in [0.717, 1.165) is 12.8 Å². The van der Waals surface area contributed by atoms with Gasteiger partial charge in [0.05, 0.1) is 13.7 Å². The molecule has 0 aromatic heterocycles. The summed E-state index contributed by atoms with van der Waals surface area (Å²) in [5, 5.41) is 5.26. The summed E-state index contributed by atoms with van der Waals surface area (Å²) in [6.07, 6.45) is 0.963. The fourth-order valence-electron chi connectivity index (χ4n) is 3.14. The Bertz CT molecular complexity index is 754. The first-order valence-corrected chi connectivity index (χ1v) is 10.4. The number of nitrogens with zero attached hydrogens (tertiary/aromatic N) is 1. The van der Waals surface area contributed by atoms with E-state index in [9.17, 15) is 14.4 Å². The van der Waals surface area contributed by atoms with E-state index < -0.39 is 11.7 Å². The molecule has 31 heavy (non-hydrogen) atoms. The largest absolute Gasteiger partial charge is 0.493 e. The van der Waals surface area contributed by atoms with Gasteiger partial charge in [0.2, 0.25) is 5.91 Å². The lowest BCUT2D eigenvalue weighted by Gasteiger charge is -2.32. The molecule has 1 saturated heterocycles. The molecule has 1 aliphatic rings. The average molecular weight is 436 g/mol. The zero-order valence-corrected chi connectivity index (χ0v) is 18.7. The first-order valence-electron chi connectivity index (χ1n) is 10.4. The zero-order valence-electron chi connectivity index (χ0n) is 18.7. The van der Waals surface area contributed by atoms with Gasteiger partial charge in [0.1, 0.15) is 5.60 Å². The number of carbonyl (C=O) groups excluding carboxylic acids is 3. The van der Waals surface area contributed by atoms with E-state index in [1.165, 1.54) is 0 Å². The van der Waals surface area contributed by atoms with Crippen molar-refractivity contribution >= 4 is 17.9 Å². The van der Waals surface area contributed by atoms with Gasteiger partial charge in [0, 0.05) is 19.6 Å². The highest BCUT2D eigenvalue weighted by Gasteiger charge is 2.24. The van der Waals surface area contributed by atoms with Crippen LogP contribution in [0.15, 0.2) is 24.3 Å². The number of rotatable bonds is 8. The van der Waals surface area contributed by atoms with Crippen molar-refractivity contribution in [3.8, 4) is 11.5 Å².